The Balaban J connectivity index is 2.25. The average Bonchev–Trinajstić information content (AvgIpc) is 2.97. The second-order valence-corrected chi connectivity index (χ2v) is 7.72. The summed E-state index contributed by atoms with van der Waals surface area (Å²) in [5.74, 6) is 4.76. The average molecular weight is 443 g/mol. The fraction of sp³-hybridized carbons (Fsp3) is 0.333. The molecule has 0 saturated heterocycles. The predicted molar refractivity (Wildman–Crippen MR) is 116 cm³/mol. The van der Waals surface area contributed by atoms with Crippen molar-refractivity contribution in [1.29, 1.82) is 0 Å². The number of amides is 1. The molecular formula is C24H24F3N3O2. The van der Waals surface area contributed by atoms with Crippen LogP contribution in [-0.2, 0) is 16.8 Å². The van der Waals surface area contributed by atoms with Gasteiger partial charge in [-0.05, 0) is 47.4 Å². The molecule has 1 aliphatic rings. The third-order valence-corrected chi connectivity index (χ3v) is 5.19. The van der Waals surface area contributed by atoms with Crippen molar-refractivity contribution in [2.75, 3.05) is 7.05 Å². The van der Waals surface area contributed by atoms with E-state index in [2.05, 4.69) is 21.6 Å². The minimum Gasteiger partial charge on any atom is -0.435 e. The third kappa shape index (κ3) is 4.15. The number of hydrogen-bond acceptors (Lipinski definition) is 4. The maximum Gasteiger partial charge on any atom is 0.387 e. The van der Waals surface area contributed by atoms with E-state index in [0.29, 0.717) is 23.1 Å². The van der Waals surface area contributed by atoms with Crippen LogP contribution < -0.4 is 10.5 Å². The molecule has 1 amide bonds. The van der Waals surface area contributed by atoms with Crippen molar-refractivity contribution in [1.82, 2.24) is 4.90 Å². The molecule has 0 bridgehead atoms. The van der Waals surface area contributed by atoms with E-state index < -0.39 is 23.9 Å². The van der Waals surface area contributed by atoms with Crippen LogP contribution in [0.15, 0.2) is 41.4 Å². The molecule has 0 radical (unpaired) electrons. The SMILES string of the molecule is CCc1cc(C2(c3ccc(F)c(C#CC(C)C)c3)N=C(N)N(C)C2=O)ccc1OC(F)F. The van der Waals surface area contributed by atoms with Crippen LogP contribution in [0.2, 0.25) is 0 Å². The number of carbonyl (C=O) groups is 1. The molecular weight excluding hydrogens is 419 g/mol. The van der Waals surface area contributed by atoms with Crippen molar-refractivity contribution in [2.24, 2.45) is 16.6 Å². The lowest BCUT2D eigenvalue weighted by Crippen LogP contribution is -2.41. The molecule has 2 N–H and O–H groups in total. The van der Waals surface area contributed by atoms with Crippen LogP contribution in [0.4, 0.5) is 13.2 Å². The molecule has 0 aromatic heterocycles. The summed E-state index contributed by atoms with van der Waals surface area (Å²) in [7, 11) is 1.49. The quantitative estimate of drug-likeness (QED) is 0.710. The third-order valence-electron chi connectivity index (χ3n) is 5.19. The minimum atomic E-state index is -2.98. The van der Waals surface area contributed by atoms with E-state index >= 15 is 0 Å². The molecule has 168 valence electrons. The topological polar surface area (TPSA) is 67.9 Å². The van der Waals surface area contributed by atoms with E-state index in [9.17, 15) is 18.0 Å². The Morgan fingerprint density at radius 2 is 1.84 bits per heavy atom. The number of benzene rings is 2. The zero-order valence-electron chi connectivity index (χ0n) is 18.2. The molecule has 0 fully saturated rings. The first-order valence-corrected chi connectivity index (χ1v) is 10.1. The summed E-state index contributed by atoms with van der Waals surface area (Å²) < 4.78 is 44.6. The molecule has 0 spiro atoms. The zero-order chi connectivity index (χ0) is 23.6. The van der Waals surface area contributed by atoms with Crippen molar-refractivity contribution in [3.05, 3.63) is 64.5 Å². The highest BCUT2D eigenvalue weighted by molar-refractivity contribution is 6.09. The van der Waals surface area contributed by atoms with Crippen LogP contribution in [0.5, 0.6) is 5.75 Å². The monoisotopic (exact) mass is 443 g/mol. The van der Waals surface area contributed by atoms with E-state index in [1.54, 1.807) is 13.0 Å². The van der Waals surface area contributed by atoms with Crippen molar-refractivity contribution in [3.8, 4) is 17.6 Å². The van der Waals surface area contributed by atoms with Crippen molar-refractivity contribution >= 4 is 11.9 Å². The van der Waals surface area contributed by atoms with Crippen molar-refractivity contribution in [3.63, 3.8) is 0 Å². The Bertz CT molecular complexity index is 1140. The standard InChI is InChI=1S/C24H24F3N3O2/c1-5-15-12-18(9-11-20(15)32-22(26)27)24(21(31)30(4)23(28)29-24)17-8-10-19(25)16(13-17)7-6-14(2)3/h8-14,22H,5H2,1-4H3,(H2,28,29). The fourth-order valence-corrected chi connectivity index (χ4v) is 3.54. The first-order valence-electron chi connectivity index (χ1n) is 10.1. The Kier molecular flexibility index (Phi) is 6.49. The molecule has 0 saturated carbocycles. The number of aliphatic imine (C=N–C) groups is 1. The van der Waals surface area contributed by atoms with E-state index in [4.69, 9.17) is 5.73 Å². The number of carbonyl (C=O) groups excluding carboxylic acids is 1. The maximum absolute atomic E-state index is 14.4. The number of guanidine groups is 1. The van der Waals surface area contributed by atoms with Crippen LogP contribution in [0.1, 0.15) is 43.0 Å². The molecule has 5 nitrogen and oxygen atoms in total. The molecule has 3 rings (SSSR count). The fourth-order valence-electron chi connectivity index (χ4n) is 3.54. The Morgan fingerprint density at radius 3 is 2.41 bits per heavy atom. The summed E-state index contributed by atoms with van der Waals surface area (Å²) >= 11 is 0. The zero-order valence-corrected chi connectivity index (χ0v) is 18.2. The van der Waals surface area contributed by atoms with E-state index in [-0.39, 0.29) is 23.2 Å². The lowest BCUT2D eigenvalue weighted by atomic mass is 9.81. The highest BCUT2D eigenvalue weighted by Gasteiger charge is 2.50. The molecule has 1 unspecified atom stereocenters. The number of nitrogens with two attached hydrogens (primary N) is 1. The maximum atomic E-state index is 14.4. The first-order chi connectivity index (χ1) is 15.1. The van der Waals surface area contributed by atoms with Gasteiger partial charge in [0.05, 0.1) is 5.56 Å². The van der Waals surface area contributed by atoms with Gasteiger partial charge in [0.15, 0.2) is 11.5 Å². The van der Waals surface area contributed by atoms with Gasteiger partial charge in [0.2, 0.25) is 0 Å². The number of hydrogen-bond donors (Lipinski definition) is 1. The Morgan fingerprint density at radius 1 is 1.19 bits per heavy atom. The lowest BCUT2D eigenvalue weighted by Gasteiger charge is -2.27. The molecule has 2 aromatic rings. The van der Waals surface area contributed by atoms with Gasteiger partial charge in [-0.1, -0.05) is 44.7 Å². The van der Waals surface area contributed by atoms with Crippen LogP contribution in [0.3, 0.4) is 0 Å². The second kappa shape index (κ2) is 8.95. The van der Waals surface area contributed by atoms with Crippen LogP contribution in [0.25, 0.3) is 0 Å². The summed E-state index contributed by atoms with van der Waals surface area (Å²) in [6.45, 7) is 2.56. The Labute approximate surface area is 185 Å². The van der Waals surface area contributed by atoms with E-state index in [1.807, 2.05) is 13.8 Å². The largest absolute Gasteiger partial charge is 0.435 e. The summed E-state index contributed by atoms with van der Waals surface area (Å²) in [5, 5.41) is 0. The molecule has 1 atom stereocenters. The highest BCUT2D eigenvalue weighted by atomic mass is 19.3. The lowest BCUT2D eigenvalue weighted by molar-refractivity contribution is -0.129. The number of likely N-dealkylation sites (N-methyl/N-ethyl adjacent to an activating group) is 1. The molecule has 32 heavy (non-hydrogen) atoms. The number of nitrogens with zero attached hydrogens (tertiary/aromatic N) is 2. The number of halogens is 3. The van der Waals surface area contributed by atoms with Gasteiger partial charge in [-0.3, -0.25) is 9.69 Å². The van der Waals surface area contributed by atoms with Crippen LogP contribution in [0, 0.1) is 23.6 Å². The highest BCUT2D eigenvalue weighted by Crippen LogP contribution is 2.41. The molecule has 1 aliphatic heterocycles. The summed E-state index contributed by atoms with van der Waals surface area (Å²) in [4.78, 5) is 19.1. The molecule has 0 aliphatic carbocycles. The number of ether oxygens (including phenoxy) is 1. The van der Waals surface area contributed by atoms with E-state index in [0.717, 1.165) is 0 Å². The summed E-state index contributed by atoms with van der Waals surface area (Å²) in [6, 6.07) is 8.63. The minimum absolute atomic E-state index is 0.0137. The number of aryl methyl sites for hydroxylation is 1. The van der Waals surface area contributed by atoms with Gasteiger partial charge in [-0.25, -0.2) is 9.38 Å². The number of rotatable bonds is 5. The van der Waals surface area contributed by atoms with Gasteiger partial charge >= 0.3 is 6.61 Å². The summed E-state index contributed by atoms with van der Waals surface area (Å²) in [5.41, 5.74) is 5.75. The summed E-state index contributed by atoms with van der Waals surface area (Å²) in [6.07, 6.45) is 0.379. The van der Waals surface area contributed by atoms with Gasteiger partial charge in [0, 0.05) is 13.0 Å². The first kappa shape index (κ1) is 23.2. The van der Waals surface area contributed by atoms with E-state index in [1.165, 1.54) is 42.3 Å². The molecule has 1 heterocycles. The van der Waals surface area contributed by atoms with Crippen molar-refractivity contribution in [2.45, 2.75) is 39.3 Å². The molecule has 2 aromatic carbocycles. The van der Waals surface area contributed by atoms with Gasteiger partial charge < -0.3 is 10.5 Å². The molecule has 8 heteroatoms. The van der Waals surface area contributed by atoms with Crippen LogP contribution in [-0.4, -0.2) is 30.4 Å². The second-order valence-electron chi connectivity index (χ2n) is 7.72. The van der Waals surface area contributed by atoms with Gasteiger partial charge in [0.1, 0.15) is 11.6 Å². The van der Waals surface area contributed by atoms with Crippen molar-refractivity contribution < 1.29 is 22.7 Å². The van der Waals surface area contributed by atoms with Crippen LogP contribution >= 0.6 is 0 Å². The Hall–Kier alpha value is -3.47. The van der Waals surface area contributed by atoms with Gasteiger partial charge in [-0.15, -0.1) is 0 Å². The number of alkyl halides is 2. The smallest absolute Gasteiger partial charge is 0.387 e. The normalized spacial score (nSPS) is 18.1. The predicted octanol–water partition coefficient (Wildman–Crippen LogP) is 4.03. The van der Waals surface area contributed by atoms with Gasteiger partial charge in [0.25, 0.3) is 5.91 Å². The van der Waals surface area contributed by atoms with Gasteiger partial charge in [-0.2, -0.15) is 8.78 Å².